The average Bonchev–Trinajstić information content (AvgIpc) is 2.72. The van der Waals surface area contributed by atoms with Gasteiger partial charge in [0.2, 0.25) is 0 Å². The summed E-state index contributed by atoms with van der Waals surface area (Å²) in [7, 11) is 2.02. The molecule has 3 heteroatoms. The van der Waals surface area contributed by atoms with Crippen molar-refractivity contribution >= 4 is 11.6 Å². The summed E-state index contributed by atoms with van der Waals surface area (Å²) in [6.07, 6.45) is 7.93. The molecule has 108 valence electrons. The van der Waals surface area contributed by atoms with Gasteiger partial charge in [-0.1, -0.05) is 20.8 Å². The van der Waals surface area contributed by atoms with Crippen molar-refractivity contribution in [3.63, 3.8) is 0 Å². The van der Waals surface area contributed by atoms with Gasteiger partial charge in [0.05, 0.1) is 0 Å². The Hall–Kier alpha value is -0.500. The zero-order chi connectivity index (χ0) is 14.0. The van der Waals surface area contributed by atoms with Crippen LogP contribution in [0.4, 0.5) is 0 Å². The number of hydrogen-bond acceptors (Lipinski definition) is 1. The number of nitrogens with zero attached hydrogens (tertiary/aromatic N) is 2. The summed E-state index contributed by atoms with van der Waals surface area (Å²) in [6, 6.07) is 2.12. The zero-order valence-corrected chi connectivity index (χ0v) is 13.5. The van der Waals surface area contributed by atoms with Gasteiger partial charge in [0.1, 0.15) is 0 Å². The van der Waals surface area contributed by atoms with Crippen molar-refractivity contribution in [1.82, 2.24) is 9.78 Å². The molecule has 1 aromatic rings. The van der Waals surface area contributed by atoms with Crippen LogP contribution < -0.4 is 0 Å². The molecule has 0 spiro atoms. The Morgan fingerprint density at radius 3 is 2.68 bits per heavy atom. The topological polar surface area (TPSA) is 17.8 Å². The van der Waals surface area contributed by atoms with Crippen molar-refractivity contribution in [2.75, 3.05) is 0 Å². The Balaban J connectivity index is 1.93. The molecular weight excluding hydrogens is 256 g/mol. The lowest BCUT2D eigenvalue weighted by molar-refractivity contribution is 0.140. The summed E-state index contributed by atoms with van der Waals surface area (Å²) in [5, 5.41) is 4.60. The number of alkyl halides is 1. The number of rotatable bonds is 3. The molecule has 1 fully saturated rings. The first kappa shape index (κ1) is 14.9. The molecular formula is C16H27ClN2. The van der Waals surface area contributed by atoms with E-state index in [1.807, 2.05) is 17.9 Å². The predicted molar refractivity (Wildman–Crippen MR) is 81.5 cm³/mol. The van der Waals surface area contributed by atoms with Gasteiger partial charge in [0, 0.05) is 24.3 Å². The van der Waals surface area contributed by atoms with Crippen LogP contribution in [0, 0.1) is 17.3 Å². The molecule has 1 heterocycles. The number of hydrogen-bond donors (Lipinski definition) is 0. The molecule has 2 nitrogen and oxygen atoms in total. The SMILES string of the molecule is Cn1nccc1CCC1CC(C(C)(C)C)CCC1Cl. The Labute approximate surface area is 122 Å². The lowest BCUT2D eigenvalue weighted by atomic mass is 9.68. The van der Waals surface area contributed by atoms with E-state index in [-0.39, 0.29) is 0 Å². The minimum Gasteiger partial charge on any atom is -0.273 e. The Morgan fingerprint density at radius 1 is 1.37 bits per heavy atom. The molecule has 0 radical (unpaired) electrons. The minimum atomic E-state index is 0.367. The zero-order valence-electron chi connectivity index (χ0n) is 12.7. The van der Waals surface area contributed by atoms with Crippen LogP contribution in [0.15, 0.2) is 12.3 Å². The average molecular weight is 283 g/mol. The van der Waals surface area contributed by atoms with E-state index in [4.69, 9.17) is 11.6 Å². The maximum absolute atomic E-state index is 6.56. The van der Waals surface area contributed by atoms with Crippen LogP contribution in [-0.4, -0.2) is 15.2 Å². The van der Waals surface area contributed by atoms with E-state index in [1.54, 1.807) is 0 Å². The Morgan fingerprint density at radius 2 is 2.11 bits per heavy atom. The molecule has 3 atom stereocenters. The predicted octanol–water partition coefficient (Wildman–Crippen LogP) is 4.42. The maximum Gasteiger partial charge on any atom is 0.0492 e. The minimum absolute atomic E-state index is 0.367. The lowest BCUT2D eigenvalue weighted by Gasteiger charge is -2.40. The molecule has 1 aromatic heterocycles. The normalized spacial score (nSPS) is 28.6. The number of aromatic nitrogens is 2. The summed E-state index contributed by atoms with van der Waals surface area (Å²) in [4.78, 5) is 0. The summed E-state index contributed by atoms with van der Waals surface area (Å²) >= 11 is 6.56. The molecule has 0 N–H and O–H groups in total. The molecule has 2 rings (SSSR count). The van der Waals surface area contributed by atoms with Crippen LogP contribution in [0.5, 0.6) is 0 Å². The van der Waals surface area contributed by atoms with Crippen LogP contribution in [-0.2, 0) is 13.5 Å². The van der Waals surface area contributed by atoms with E-state index < -0.39 is 0 Å². The molecule has 1 aliphatic carbocycles. The van der Waals surface area contributed by atoms with Gasteiger partial charge in [-0.15, -0.1) is 11.6 Å². The second kappa shape index (κ2) is 5.87. The Bertz CT molecular complexity index is 405. The van der Waals surface area contributed by atoms with Crippen molar-refractivity contribution in [3.8, 4) is 0 Å². The number of halogens is 1. The van der Waals surface area contributed by atoms with E-state index in [2.05, 4.69) is 31.9 Å². The van der Waals surface area contributed by atoms with Crippen molar-refractivity contribution in [3.05, 3.63) is 18.0 Å². The third-order valence-electron chi connectivity index (χ3n) is 4.81. The van der Waals surface area contributed by atoms with E-state index in [1.165, 1.54) is 31.4 Å². The summed E-state index contributed by atoms with van der Waals surface area (Å²) in [5.74, 6) is 1.48. The highest BCUT2D eigenvalue weighted by atomic mass is 35.5. The fourth-order valence-corrected chi connectivity index (χ4v) is 3.65. The van der Waals surface area contributed by atoms with Gasteiger partial charge in [-0.2, -0.15) is 5.10 Å². The van der Waals surface area contributed by atoms with Gasteiger partial charge in [-0.25, -0.2) is 0 Å². The first-order valence-corrected chi connectivity index (χ1v) is 7.92. The molecule has 1 aliphatic rings. The van der Waals surface area contributed by atoms with Crippen LogP contribution in [0.2, 0.25) is 0 Å². The van der Waals surface area contributed by atoms with Crippen molar-refractivity contribution in [2.45, 2.75) is 58.3 Å². The lowest BCUT2D eigenvalue weighted by Crippen LogP contribution is -2.32. The summed E-state index contributed by atoms with van der Waals surface area (Å²) in [6.45, 7) is 7.10. The fraction of sp³-hybridized carbons (Fsp3) is 0.812. The largest absolute Gasteiger partial charge is 0.273 e. The first-order chi connectivity index (χ1) is 8.88. The number of aryl methyl sites for hydroxylation is 2. The van der Waals surface area contributed by atoms with E-state index in [0.717, 1.165) is 12.3 Å². The quantitative estimate of drug-likeness (QED) is 0.750. The monoisotopic (exact) mass is 282 g/mol. The van der Waals surface area contributed by atoms with Gasteiger partial charge in [0.15, 0.2) is 0 Å². The van der Waals surface area contributed by atoms with E-state index in [9.17, 15) is 0 Å². The Kier molecular flexibility index (Phi) is 4.60. The summed E-state index contributed by atoms with van der Waals surface area (Å²) in [5.41, 5.74) is 1.74. The fourth-order valence-electron chi connectivity index (χ4n) is 3.29. The van der Waals surface area contributed by atoms with Gasteiger partial charge in [-0.3, -0.25) is 4.68 Å². The molecule has 1 saturated carbocycles. The van der Waals surface area contributed by atoms with Crippen LogP contribution >= 0.6 is 11.6 Å². The first-order valence-electron chi connectivity index (χ1n) is 7.49. The third kappa shape index (κ3) is 3.75. The van der Waals surface area contributed by atoms with Crippen molar-refractivity contribution in [2.24, 2.45) is 24.3 Å². The smallest absolute Gasteiger partial charge is 0.0492 e. The molecule has 3 unspecified atom stereocenters. The second-order valence-corrected chi connectivity index (χ2v) is 7.70. The van der Waals surface area contributed by atoms with E-state index in [0.29, 0.717) is 16.7 Å². The molecule has 0 amide bonds. The van der Waals surface area contributed by atoms with Gasteiger partial charge in [-0.05, 0) is 55.4 Å². The third-order valence-corrected chi connectivity index (χ3v) is 5.38. The van der Waals surface area contributed by atoms with Crippen LogP contribution in [0.1, 0.15) is 52.1 Å². The molecule has 0 aliphatic heterocycles. The molecule has 0 saturated heterocycles. The highest BCUT2D eigenvalue weighted by Gasteiger charge is 2.34. The van der Waals surface area contributed by atoms with E-state index >= 15 is 0 Å². The van der Waals surface area contributed by atoms with Crippen molar-refractivity contribution < 1.29 is 0 Å². The molecule has 0 bridgehead atoms. The molecule has 0 aromatic carbocycles. The van der Waals surface area contributed by atoms with Gasteiger partial charge in [0.25, 0.3) is 0 Å². The van der Waals surface area contributed by atoms with Gasteiger partial charge >= 0.3 is 0 Å². The highest BCUT2D eigenvalue weighted by molar-refractivity contribution is 6.20. The van der Waals surface area contributed by atoms with Crippen molar-refractivity contribution in [1.29, 1.82) is 0 Å². The highest BCUT2D eigenvalue weighted by Crippen LogP contribution is 2.43. The maximum atomic E-state index is 6.56. The van der Waals surface area contributed by atoms with Crippen LogP contribution in [0.3, 0.4) is 0 Å². The second-order valence-electron chi connectivity index (χ2n) is 7.14. The summed E-state index contributed by atoms with van der Waals surface area (Å²) < 4.78 is 1.98. The van der Waals surface area contributed by atoms with Crippen LogP contribution in [0.25, 0.3) is 0 Å². The standard InChI is InChI=1S/C16H27ClN2/c1-16(2,3)13-6-8-15(17)12(11-13)5-7-14-9-10-18-19(14)4/h9-10,12-13,15H,5-8,11H2,1-4H3. The molecule has 19 heavy (non-hydrogen) atoms. The van der Waals surface area contributed by atoms with Gasteiger partial charge < -0.3 is 0 Å².